The van der Waals surface area contributed by atoms with E-state index in [1.54, 1.807) is 7.11 Å². The summed E-state index contributed by atoms with van der Waals surface area (Å²) in [6.07, 6.45) is 8.00. The van der Waals surface area contributed by atoms with Crippen LogP contribution < -0.4 is 5.32 Å². The first-order valence-electron chi connectivity index (χ1n) is 8.48. The van der Waals surface area contributed by atoms with Crippen molar-refractivity contribution in [2.24, 2.45) is 5.41 Å². The Balaban J connectivity index is 2.57. The van der Waals surface area contributed by atoms with E-state index >= 15 is 0 Å². The van der Waals surface area contributed by atoms with Gasteiger partial charge in [-0.2, -0.15) is 0 Å². The summed E-state index contributed by atoms with van der Waals surface area (Å²) in [5.41, 5.74) is -0.269. The van der Waals surface area contributed by atoms with E-state index in [-0.39, 0.29) is 0 Å². The maximum Gasteiger partial charge on any atom is 0.0718 e. The van der Waals surface area contributed by atoms with Gasteiger partial charge in [0.25, 0.3) is 0 Å². The van der Waals surface area contributed by atoms with Crippen LogP contribution in [0.1, 0.15) is 52.4 Å². The third-order valence-corrected chi connectivity index (χ3v) is 4.41. The third kappa shape index (κ3) is 8.15. The average Bonchev–Trinajstić information content (AvgIpc) is 2.58. The van der Waals surface area contributed by atoms with Crippen molar-refractivity contribution >= 4 is 0 Å². The Labute approximate surface area is 131 Å². The number of rotatable bonds is 9. The van der Waals surface area contributed by atoms with Crippen LogP contribution in [0.3, 0.4) is 0 Å². The second-order valence-corrected chi connectivity index (χ2v) is 7.57. The minimum atomic E-state index is -0.621. The molecule has 0 aromatic rings. The Morgan fingerprint density at radius 3 is 2.33 bits per heavy atom. The molecule has 1 fully saturated rings. The lowest BCUT2D eigenvalue weighted by Crippen LogP contribution is -2.46. The fraction of sp³-hybridized carbons (Fsp3) is 1.00. The van der Waals surface area contributed by atoms with Crippen LogP contribution in [-0.2, 0) is 4.74 Å². The van der Waals surface area contributed by atoms with Crippen LogP contribution in [0.15, 0.2) is 0 Å². The van der Waals surface area contributed by atoms with Crippen LogP contribution >= 0.6 is 0 Å². The summed E-state index contributed by atoms with van der Waals surface area (Å²) in [5, 5.41) is 13.6. The molecule has 0 saturated heterocycles. The van der Waals surface area contributed by atoms with E-state index < -0.39 is 5.60 Å². The molecular weight excluding hydrogens is 264 g/mol. The summed E-state index contributed by atoms with van der Waals surface area (Å²) in [5.74, 6) is 0. The number of hydrogen-bond acceptors (Lipinski definition) is 4. The van der Waals surface area contributed by atoms with Crippen LogP contribution in [0.2, 0.25) is 0 Å². The van der Waals surface area contributed by atoms with Gasteiger partial charge in [-0.1, -0.05) is 25.7 Å². The van der Waals surface area contributed by atoms with Crippen LogP contribution in [-0.4, -0.2) is 62.6 Å². The first-order valence-corrected chi connectivity index (χ1v) is 8.48. The molecule has 21 heavy (non-hydrogen) atoms. The van der Waals surface area contributed by atoms with E-state index in [9.17, 15) is 5.11 Å². The van der Waals surface area contributed by atoms with Gasteiger partial charge in [-0.25, -0.2) is 0 Å². The highest BCUT2D eigenvalue weighted by atomic mass is 16.5. The van der Waals surface area contributed by atoms with Crippen molar-refractivity contribution in [2.75, 3.05) is 46.9 Å². The number of hydrogen-bond donors (Lipinski definition) is 2. The van der Waals surface area contributed by atoms with Crippen LogP contribution in [0.5, 0.6) is 0 Å². The van der Waals surface area contributed by atoms with E-state index in [4.69, 9.17) is 4.74 Å². The number of nitrogens with one attached hydrogen (secondary N) is 1. The highest BCUT2D eigenvalue weighted by Gasteiger charge is 2.32. The fourth-order valence-corrected chi connectivity index (χ4v) is 3.69. The molecule has 4 heteroatoms. The van der Waals surface area contributed by atoms with Gasteiger partial charge in [0.1, 0.15) is 0 Å². The highest BCUT2D eigenvalue weighted by molar-refractivity contribution is 4.87. The minimum Gasteiger partial charge on any atom is -0.389 e. The van der Waals surface area contributed by atoms with E-state index in [0.29, 0.717) is 5.41 Å². The summed E-state index contributed by atoms with van der Waals surface area (Å²) in [7, 11) is 3.89. The lowest BCUT2D eigenvalue weighted by atomic mass is 9.79. The molecule has 1 rings (SSSR count). The second kappa shape index (κ2) is 9.09. The zero-order valence-electron chi connectivity index (χ0n) is 14.6. The van der Waals surface area contributed by atoms with Gasteiger partial charge in [-0.15, -0.1) is 0 Å². The van der Waals surface area contributed by atoms with Crippen molar-refractivity contribution in [3.8, 4) is 0 Å². The summed E-state index contributed by atoms with van der Waals surface area (Å²) < 4.78 is 5.13. The molecular formula is C17H36N2O2. The Morgan fingerprint density at radius 1 is 1.19 bits per heavy atom. The topological polar surface area (TPSA) is 44.7 Å². The number of methoxy groups -OCH3 is 1. The predicted octanol–water partition coefficient (Wildman–Crippen LogP) is 2.27. The Bertz CT molecular complexity index is 268. The molecule has 126 valence electrons. The van der Waals surface area contributed by atoms with E-state index in [0.717, 1.165) is 32.8 Å². The molecule has 0 unspecified atom stereocenters. The summed E-state index contributed by atoms with van der Waals surface area (Å²) in [6.45, 7) is 8.33. The Morgan fingerprint density at radius 2 is 1.81 bits per heavy atom. The summed E-state index contributed by atoms with van der Waals surface area (Å²) in [4.78, 5) is 2.31. The molecule has 4 nitrogen and oxygen atoms in total. The van der Waals surface area contributed by atoms with Crippen LogP contribution in [0, 0.1) is 5.41 Å². The monoisotopic (exact) mass is 300 g/mol. The first kappa shape index (κ1) is 18.9. The second-order valence-electron chi connectivity index (χ2n) is 7.57. The molecule has 0 amide bonds. The van der Waals surface area contributed by atoms with Crippen molar-refractivity contribution in [1.29, 1.82) is 0 Å². The third-order valence-electron chi connectivity index (χ3n) is 4.41. The maximum absolute atomic E-state index is 10.0. The molecule has 0 aliphatic heterocycles. The number of nitrogens with zero attached hydrogens (tertiary/aromatic N) is 1. The standard InChI is InChI=1S/C17H36N2O2/c1-16(2,20)14-19(3)15-17(13-18-11-12-21-4)9-7-5-6-8-10-17/h18,20H,5-15H2,1-4H3. The number of likely N-dealkylation sites (N-methyl/N-ethyl adjacent to an activating group) is 1. The van der Waals surface area contributed by atoms with E-state index in [2.05, 4.69) is 17.3 Å². The lowest BCUT2D eigenvalue weighted by molar-refractivity contribution is 0.0269. The van der Waals surface area contributed by atoms with Crippen molar-refractivity contribution < 1.29 is 9.84 Å². The molecule has 1 aliphatic carbocycles. The van der Waals surface area contributed by atoms with Gasteiger partial charge in [0.2, 0.25) is 0 Å². The molecule has 0 heterocycles. The first-order chi connectivity index (χ1) is 9.87. The number of ether oxygens (including phenoxy) is 1. The molecule has 0 aromatic carbocycles. The highest BCUT2D eigenvalue weighted by Crippen LogP contribution is 2.35. The SMILES string of the molecule is COCCNCC1(CN(C)CC(C)(C)O)CCCCCC1. The van der Waals surface area contributed by atoms with Gasteiger partial charge in [-0.05, 0) is 39.2 Å². The summed E-state index contributed by atoms with van der Waals surface area (Å²) >= 11 is 0. The number of aliphatic hydroxyl groups is 1. The van der Waals surface area contributed by atoms with Crippen LogP contribution in [0.25, 0.3) is 0 Å². The Kier molecular flexibility index (Phi) is 8.17. The quantitative estimate of drug-likeness (QED) is 0.506. The van der Waals surface area contributed by atoms with Gasteiger partial charge in [0, 0.05) is 33.3 Å². The van der Waals surface area contributed by atoms with Crippen molar-refractivity contribution in [3.63, 3.8) is 0 Å². The lowest BCUT2D eigenvalue weighted by Gasteiger charge is -2.38. The van der Waals surface area contributed by atoms with Crippen molar-refractivity contribution in [2.45, 2.75) is 58.0 Å². The normalized spacial score (nSPS) is 19.7. The molecule has 1 aliphatic rings. The fourth-order valence-electron chi connectivity index (χ4n) is 3.69. The van der Waals surface area contributed by atoms with Crippen molar-refractivity contribution in [3.05, 3.63) is 0 Å². The van der Waals surface area contributed by atoms with Crippen molar-refractivity contribution in [1.82, 2.24) is 10.2 Å². The van der Waals surface area contributed by atoms with Gasteiger partial charge >= 0.3 is 0 Å². The summed E-state index contributed by atoms with van der Waals surface area (Å²) in [6, 6.07) is 0. The van der Waals surface area contributed by atoms with Gasteiger partial charge < -0.3 is 20.1 Å². The van der Waals surface area contributed by atoms with Crippen LogP contribution in [0.4, 0.5) is 0 Å². The van der Waals surface area contributed by atoms with Gasteiger partial charge in [0.15, 0.2) is 0 Å². The minimum absolute atomic E-state index is 0.351. The maximum atomic E-state index is 10.0. The van der Waals surface area contributed by atoms with Gasteiger partial charge in [-0.3, -0.25) is 0 Å². The molecule has 0 bridgehead atoms. The zero-order valence-corrected chi connectivity index (χ0v) is 14.6. The average molecular weight is 300 g/mol. The van der Waals surface area contributed by atoms with E-state index in [1.807, 2.05) is 13.8 Å². The molecule has 0 atom stereocenters. The zero-order chi connectivity index (χ0) is 15.8. The molecule has 0 aromatic heterocycles. The van der Waals surface area contributed by atoms with Gasteiger partial charge in [0.05, 0.1) is 12.2 Å². The molecule has 0 spiro atoms. The Hall–Kier alpha value is -0.160. The predicted molar refractivity (Wildman–Crippen MR) is 88.7 cm³/mol. The molecule has 2 N–H and O–H groups in total. The smallest absolute Gasteiger partial charge is 0.0718 e. The molecule has 0 radical (unpaired) electrons. The molecule has 1 saturated carbocycles. The van der Waals surface area contributed by atoms with E-state index in [1.165, 1.54) is 38.5 Å². The largest absolute Gasteiger partial charge is 0.389 e.